The lowest BCUT2D eigenvalue weighted by atomic mass is 9.84. The first-order chi connectivity index (χ1) is 34.2. The fourth-order valence-electron chi connectivity index (χ4n) is 11.5. The van der Waals surface area contributed by atoms with Gasteiger partial charge in [0.1, 0.15) is 0 Å². The Morgan fingerprint density at radius 1 is 0.319 bits per heavy atom. The van der Waals surface area contributed by atoms with Crippen molar-refractivity contribution in [2.45, 2.75) is 0 Å². The standard InChI is InChI=1S/C65H36N2S2/c66-37-43-23-30-56-64-46(43)27-28-51-45(29-31-57(65(51)64)67(56)44-10-2-1-3-11-44)39-20-18-38(19-21-39)40-22-26-52-55(34-40)63(42-25-33-61-54(36-42)48-13-7-9-17-59(48)69-61)50-15-5-4-14-49(50)62(52)41-24-32-60-53(35-41)47-12-6-8-16-58(47)68-60/h1-36H. The zero-order chi connectivity index (χ0) is 45.3. The van der Waals surface area contributed by atoms with Crippen LogP contribution in [0.1, 0.15) is 5.56 Å². The monoisotopic (exact) mass is 908 g/mol. The topological polar surface area (TPSA) is 28.7 Å². The van der Waals surface area contributed by atoms with Crippen LogP contribution < -0.4 is 0 Å². The molecule has 0 amide bonds. The third kappa shape index (κ3) is 5.64. The third-order valence-corrected chi connectivity index (χ3v) is 16.9. The van der Waals surface area contributed by atoms with Gasteiger partial charge in [-0.1, -0.05) is 146 Å². The van der Waals surface area contributed by atoms with Crippen molar-refractivity contribution in [3.05, 3.63) is 224 Å². The Bertz CT molecular complexity index is 4660. The van der Waals surface area contributed by atoms with Gasteiger partial charge in [-0.15, -0.1) is 22.7 Å². The molecule has 0 atom stereocenters. The Balaban J connectivity index is 0.930. The Morgan fingerprint density at radius 3 is 1.43 bits per heavy atom. The second kappa shape index (κ2) is 14.7. The second-order valence-corrected chi connectivity index (χ2v) is 20.4. The molecule has 12 aromatic carbocycles. The molecule has 0 aliphatic carbocycles. The molecule has 0 saturated carbocycles. The number of hydrogen-bond donors (Lipinski definition) is 0. The second-order valence-electron chi connectivity index (χ2n) is 18.2. The summed E-state index contributed by atoms with van der Waals surface area (Å²) in [4.78, 5) is 0. The van der Waals surface area contributed by atoms with Crippen LogP contribution in [-0.2, 0) is 0 Å². The average molecular weight is 909 g/mol. The van der Waals surface area contributed by atoms with Crippen LogP contribution in [-0.4, -0.2) is 4.57 Å². The number of rotatable bonds is 5. The molecule has 0 bridgehead atoms. The molecule has 3 aromatic heterocycles. The SMILES string of the molecule is N#Cc1ccc2c3c1ccc1c(-c4ccc(-c5ccc6c(-c7ccc8sc9ccccc9c8c7)c7ccccc7c(-c7ccc8sc9ccccc9c8c7)c6c5)cc4)ccc(c13)n2-c1ccccc1. The molecule has 0 fully saturated rings. The molecule has 0 saturated heterocycles. The Labute approximate surface area is 404 Å². The van der Waals surface area contributed by atoms with Crippen molar-refractivity contribution in [2.24, 2.45) is 0 Å². The summed E-state index contributed by atoms with van der Waals surface area (Å²) in [7, 11) is 0. The number of benzene rings is 12. The van der Waals surface area contributed by atoms with E-state index >= 15 is 0 Å². The fourth-order valence-corrected chi connectivity index (χ4v) is 13.7. The summed E-state index contributed by atoms with van der Waals surface area (Å²) >= 11 is 3.73. The maximum atomic E-state index is 10.2. The van der Waals surface area contributed by atoms with Crippen molar-refractivity contribution < 1.29 is 0 Å². The van der Waals surface area contributed by atoms with Crippen molar-refractivity contribution in [1.29, 1.82) is 5.26 Å². The molecule has 0 radical (unpaired) electrons. The molecule has 0 N–H and O–H groups in total. The van der Waals surface area contributed by atoms with Gasteiger partial charge in [-0.05, 0) is 144 Å². The fraction of sp³-hybridized carbons (Fsp3) is 0. The van der Waals surface area contributed by atoms with Crippen LogP contribution in [0.3, 0.4) is 0 Å². The lowest BCUT2D eigenvalue weighted by molar-refractivity contribution is 1.18. The van der Waals surface area contributed by atoms with Crippen molar-refractivity contribution >= 4 is 117 Å². The minimum absolute atomic E-state index is 0.697. The van der Waals surface area contributed by atoms with Gasteiger partial charge < -0.3 is 4.57 Å². The van der Waals surface area contributed by atoms with Crippen LogP contribution in [0.5, 0.6) is 0 Å². The quantitative estimate of drug-likeness (QED) is 0.125. The smallest absolute Gasteiger partial charge is 0.0998 e. The van der Waals surface area contributed by atoms with Crippen molar-refractivity contribution in [2.75, 3.05) is 0 Å². The molecule has 318 valence electrons. The molecule has 3 heterocycles. The molecule has 2 nitrogen and oxygen atoms in total. The minimum atomic E-state index is 0.697. The summed E-state index contributed by atoms with van der Waals surface area (Å²) < 4.78 is 7.58. The van der Waals surface area contributed by atoms with E-state index in [-0.39, 0.29) is 0 Å². The summed E-state index contributed by atoms with van der Waals surface area (Å²) in [6, 6.07) is 83.0. The van der Waals surface area contributed by atoms with E-state index in [2.05, 4.69) is 223 Å². The zero-order valence-electron chi connectivity index (χ0n) is 37.0. The lowest BCUT2D eigenvalue weighted by Gasteiger charge is -2.19. The maximum Gasteiger partial charge on any atom is 0.0998 e. The molecule has 0 aliphatic heterocycles. The summed E-state index contributed by atoms with van der Waals surface area (Å²) in [5.74, 6) is 0. The van der Waals surface area contributed by atoms with Gasteiger partial charge in [0.2, 0.25) is 0 Å². The van der Waals surface area contributed by atoms with E-state index in [1.54, 1.807) is 0 Å². The summed E-state index contributed by atoms with van der Waals surface area (Å²) in [5.41, 5.74) is 13.7. The Hall–Kier alpha value is -8.59. The van der Waals surface area contributed by atoms with E-state index in [0.29, 0.717) is 5.56 Å². The first-order valence-corrected chi connectivity index (χ1v) is 25.0. The molecule has 0 unspecified atom stereocenters. The van der Waals surface area contributed by atoms with Gasteiger partial charge >= 0.3 is 0 Å². The van der Waals surface area contributed by atoms with Gasteiger partial charge in [0, 0.05) is 62.2 Å². The minimum Gasteiger partial charge on any atom is -0.309 e. The highest BCUT2D eigenvalue weighted by molar-refractivity contribution is 7.26. The molecule has 4 heteroatoms. The van der Waals surface area contributed by atoms with Crippen LogP contribution in [0.25, 0.3) is 145 Å². The highest BCUT2D eigenvalue weighted by Crippen LogP contribution is 2.49. The number of thiophene rings is 2. The van der Waals surface area contributed by atoms with E-state index in [1.165, 1.54) is 112 Å². The predicted molar refractivity (Wildman–Crippen MR) is 297 cm³/mol. The van der Waals surface area contributed by atoms with Crippen LogP contribution in [0.2, 0.25) is 0 Å². The Kier molecular flexibility index (Phi) is 8.21. The van der Waals surface area contributed by atoms with Gasteiger partial charge in [0.15, 0.2) is 0 Å². The average Bonchev–Trinajstić information content (AvgIpc) is 4.09. The summed E-state index contributed by atoms with van der Waals surface area (Å²) in [6.45, 7) is 0. The van der Waals surface area contributed by atoms with Crippen molar-refractivity contribution in [3.63, 3.8) is 0 Å². The van der Waals surface area contributed by atoms with Crippen molar-refractivity contribution in [3.8, 4) is 56.3 Å². The first-order valence-electron chi connectivity index (χ1n) is 23.4. The van der Waals surface area contributed by atoms with Crippen LogP contribution in [0, 0.1) is 11.3 Å². The molecular formula is C65H36N2S2. The van der Waals surface area contributed by atoms with Gasteiger partial charge in [0.05, 0.1) is 22.7 Å². The van der Waals surface area contributed by atoms with Gasteiger partial charge in [-0.25, -0.2) is 0 Å². The number of fused-ring (bicyclic) bond motifs is 8. The number of aromatic nitrogens is 1. The van der Waals surface area contributed by atoms with Crippen LogP contribution in [0.4, 0.5) is 0 Å². The van der Waals surface area contributed by atoms with E-state index < -0.39 is 0 Å². The summed E-state index contributed by atoms with van der Waals surface area (Å²) in [6.07, 6.45) is 0. The van der Waals surface area contributed by atoms with Gasteiger partial charge in [0.25, 0.3) is 0 Å². The third-order valence-electron chi connectivity index (χ3n) is 14.6. The molecule has 15 rings (SSSR count). The molecule has 0 spiro atoms. The highest BCUT2D eigenvalue weighted by atomic mass is 32.1. The Morgan fingerprint density at radius 2 is 0.783 bits per heavy atom. The van der Waals surface area contributed by atoms with Crippen molar-refractivity contribution in [1.82, 2.24) is 4.57 Å². The molecule has 69 heavy (non-hydrogen) atoms. The largest absolute Gasteiger partial charge is 0.309 e. The number of para-hydroxylation sites is 1. The molecule has 15 aromatic rings. The first kappa shape index (κ1) is 38.5. The van der Waals surface area contributed by atoms with Gasteiger partial charge in [-0.2, -0.15) is 5.26 Å². The van der Waals surface area contributed by atoms with E-state index in [0.717, 1.165) is 33.1 Å². The molecule has 0 aliphatic rings. The zero-order valence-corrected chi connectivity index (χ0v) is 38.6. The maximum absolute atomic E-state index is 10.2. The predicted octanol–water partition coefficient (Wildman–Crippen LogP) is 19.0. The summed E-state index contributed by atoms with van der Waals surface area (Å²) in [5, 5.41) is 24.9. The van der Waals surface area contributed by atoms with Crippen LogP contribution in [0.15, 0.2) is 218 Å². The molecular weight excluding hydrogens is 873 g/mol. The van der Waals surface area contributed by atoms with E-state index in [9.17, 15) is 5.26 Å². The van der Waals surface area contributed by atoms with Gasteiger partial charge in [-0.3, -0.25) is 0 Å². The van der Waals surface area contributed by atoms with E-state index in [1.807, 2.05) is 28.7 Å². The highest BCUT2D eigenvalue weighted by Gasteiger charge is 2.22. The lowest BCUT2D eigenvalue weighted by Crippen LogP contribution is -1.93. The van der Waals surface area contributed by atoms with E-state index in [4.69, 9.17) is 0 Å². The van der Waals surface area contributed by atoms with Crippen LogP contribution >= 0.6 is 22.7 Å². The number of nitriles is 1. The normalized spacial score (nSPS) is 12.0. The number of hydrogen-bond acceptors (Lipinski definition) is 3. The number of nitrogens with zero attached hydrogens (tertiary/aromatic N) is 2.